The van der Waals surface area contributed by atoms with E-state index in [1.54, 1.807) is 4.68 Å². The number of rotatable bonds is 1. The van der Waals surface area contributed by atoms with E-state index in [4.69, 9.17) is 0 Å². The van der Waals surface area contributed by atoms with Gasteiger partial charge in [0, 0.05) is 11.3 Å². The van der Waals surface area contributed by atoms with Crippen LogP contribution in [-0.4, -0.2) is 9.78 Å². The van der Waals surface area contributed by atoms with Crippen LogP contribution in [0.15, 0.2) is 29.1 Å². The molecule has 2 aromatic rings. The number of H-pyrrole nitrogens is 1. The van der Waals surface area contributed by atoms with Crippen molar-refractivity contribution in [1.29, 1.82) is 0 Å². The molecule has 0 bridgehead atoms. The summed E-state index contributed by atoms with van der Waals surface area (Å²) < 4.78 is 1.57. The van der Waals surface area contributed by atoms with Crippen LogP contribution < -0.4 is 5.56 Å². The summed E-state index contributed by atoms with van der Waals surface area (Å²) in [5, 5.41) is 3.05. The summed E-state index contributed by atoms with van der Waals surface area (Å²) in [7, 11) is 0. The lowest BCUT2D eigenvalue weighted by Crippen LogP contribution is -2.15. The van der Waals surface area contributed by atoms with Crippen LogP contribution in [0.4, 0.5) is 0 Å². The van der Waals surface area contributed by atoms with Gasteiger partial charge < -0.3 is 0 Å². The molecule has 16 heavy (non-hydrogen) atoms. The molecule has 0 saturated carbocycles. The van der Waals surface area contributed by atoms with E-state index in [-0.39, 0.29) is 18.0 Å². The Morgan fingerprint density at radius 2 is 1.62 bits per heavy atom. The van der Waals surface area contributed by atoms with Crippen LogP contribution >= 0.6 is 12.4 Å². The number of aromatic amines is 1. The highest BCUT2D eigenvalue weighted by Crippen LogP contribution is 2.07. The lowest BCUT2D eigenvalue weighted by Gasteiger charge is -2.01. The third-order valence-electron chi connectivity index (χ3n) is 2.66. The molecule has 0 atom stereocenters. The van der Waals surface area contributed by atoms with E-state index in [9.17, 15) is 4.79 Å². The molecule has 0 aliphatic rings. The predicted octanol–water partition coefficient (Wildman–Crippen LogP) is 2.51. The maximum absolute atomic E-state index is 11.8. The number of nitrogens with zero attached hydrogens (tertiary/aromatic N) is 1. The van der Waals surface area contributed by atoms with Crippen LogP contribution in [-0.2, 0) is 0 Å². The lowest BCUT2D eigenvalue weighted by atomic mass is 10.2. The van der Waals surface area contributed by atoms with Crippen LogP contribution in [0, 0.1) is 20.8 Å². The van der Waals surface area contributed by atoms with E-state index >= 15 is 0 Å². The zero-order chi connectivity index (χ0) is 11.0. The van der Waals surface area contributed by atoms with Crippen molar-refractivity contribution < 1.29 is 0 Å². The largest absolute Gasteiger partial charge is 0.295 e. The summed E-state index contributed by atoms with van der Waals surface area (Å²) in [5.74, 6) is 0. The van der Waals surface area contributed by atoms with Gasteiger partial charge in [0.05, 0.1) is 5.69 Å². The van der Waals surface area contributed by atoms with Crippen molar-refractivity contribution in [3.8, 4) is 5.69 Å². The first-order valence-corrected chi connectivity index (χ1v) is 4.95. The van der Waals surface area contributed by atoms with Gasteiger partial charge in [-0.1, -0.05) is 17.7 Å². The van der Waals surface area contributed by atoms with Gasteiger partial charge in [-0.25, -0.2) is 4.68 Å². The molecule has 1 aromatic heterocycles. The van der Waals surface area contributed by atoms with E-state index in [0.717, 1.165) is 16.9 Å². The van der Waals surface area contributed by atoms with Gasteiger partial charge in [0.15, 0.2) is 0 Å². The third-order valence-corrected chi connectivity index (χ3v) is 2.66. The lowest BCUT2D eigenvalue weighted by molar-refractivity contribution is 0.834. The predicted molar refractivity (Wildman–Crippen MR) is 67.8 cm³/mol. The molecule has 86 valence electrons. The minimum atomic E-state index is 0. The molecule has 1 heterocycles. The first kappa shape index (κ1) is 12.6. The van der Waals surface area contributed by atoms with Gasteiger partial charge in [0.1, 0.15) is 0 Å². The minimum absolute atomic E-state index is 0. The minimum Gasteiger partial charge on any atom is -0.295 e. The van der Waals surface area contributed by atoms with Crippen molar-refractivity contribution >= 4 is 12.4 Å². The molecule has 0 amide bonds. The van der Waals surface area contributed by atoms with Crippen molar-refractivity contribution in [2.24, 2.45) is 0 Å². The summed E-state index contributed by atoms with van der Waals surface area (Å²) in [6.07, 6.45) is 0. The Morgan fingerprint density at radius 1 is 1.06 bits per heavy atom. The number of hydrogen-bond acceptors (Lipinski definition) is 1. The van der Waals surface area contributed by atoms with Crippen LogP contribution in [0.2, 0.25) is 0 Å². The fraction of sp³-hybridized carbons (Fsp3) is 0.250. The van der Waals surface area contributed by atoms with E-state index < -0.39 is 0 Å². The van der Waals surface area contributed by atoms with Gasteiger partial charge in [0.2, 0.25) is 0 Å². The van der Waals surface area contributed by atoms with E-state index in [1.807, 2.05) is 45.0 Å². The fourth-order valence-corrected chi connectivity index (χ4v) is 1.51. The van der Waals surface area contributed by atoms with Crippen LogP contribution in [0.25, 0.3) is 5.69 Å². The number of benzene rings is 1. The van der Waals surface area contributed by atoms with E-state index in [0.29, 0.717) is 0 Å². The van der Waals surface area contributed by atoms with Gasteiger partial charge in [-0.15, -0.1) is 12.4 Å². The van der Waals surface area contributed by atoms with Crippen LogP contribution in [0.3, 0.4) is 0 Å². The average Bonchev–Trinajstić information content (AvgIpc) is 2.47. The summed E-state index contributed by atoms with van der Waals surface area (Å²) in [5.41, 5.74) is 3.78. The number of aromatic nitrogens is 2. The van der Waals surface area contributed by atoms with E-state index in [1.165, 1.54) is 5.56 Å². The average molecular weight is 239 g/mol. The number of nitrogens with one attached hydrogen (secondary N) is 1. The molecule has 0 aliphatic heterocycles. The van der Waals surface area contributed by atoms with Crippen molar-refractivity contribution in [2.75, 3.05) is 0 Å². The normalized spacial score (nSPS) is 9.94. The molecule has 3 nitrogen and oxygen atoms in total. The second kappa shape index (κ2) is 4.58. The Bertz CT molecular complexity index is 537. The maximum Gasteiger partial charge on any atom is 0.274 e. The molecule has 0 aliphatic carbocycles. The fourth-order valence-electron chi connectivity index (χ4n) is 1.51. The Labute approximate surface area is 101 Å². The summed E-state index contributed by atoms with van der Waals surface area (Å²) in [6.45, 7) is 5.76. The Balaban J connectivity index is 0.00000128. The molecule has 0 radical (unpaired) electrons. The number of halogens is 1. The molecule has 2 rings (SSSR count). The zero-order valence-corrected chi connectivity index (χ0v) is 10.4. The third kappa shape index (κ3) is 2.04. The highest BCUT2D eigenvalue weighted by Gasteiger charge is 2.07. The monoisotopic (exact) mass is 238 g/mol. The number of hydrogen-bond donors (Lipinski definition) is 1. The van der Waals surface area contributed by atoms with E-state index in [2.05, 4.69) is 5.10 Å². The van der Waals surface area contributed by atoms with Crippen LogP contribution in [0.1, 0.15) is 16.8 Å². The second-order valence-electron chi connectivity index (χ2n) is 3.84. The zero-order valence-electron chi connectivity index (χ0n) is 9.57. The molecular weight excluding hydrogens is 224 g/mol. The van der Waals surface area contributed by atoms with Crippen LogP contribution in [0.5, 0.6) is 0 Å². The van der Waals surface area contributed by atoms with Crippen molar-refractivity contribution in [3.05, 3.63) is 51.4 Å². The molecule has 0 saturated heterocycles. The number of aryl methyl sites for hydroxylation is 2. The first-order valence-electron chi connectivity index (χ1n) is 4.95. The molecule has 1 N–H and O–H groups in total. The highest BCUT2D eigenvalue weighted by molar-refractivity contribution is 5.85. The van der Waals surface area contributed by atoms with Gasteiger partial charge in [-0.3, -0.25) is 9.89 Å². The smallest absolute Gasteiger partial charge is 0.274 e. The first-order chi connectivity index (χ1) is 7.09. The summed E-state index contributed by atoms with van der Waals surface area (Å²) in [6, 6.07) is 7.86. The summed E-state index contributed by atoms with van der Waals surface area (Å²) >= 11 is 0. The van der Waals surface area contributed by atoms with Crippen molar-refractivity contribution in [1.82, 2.24) is 9.78 Å². The quantitative estimate of drug-likeness (QED) is 0.815. The van der Waals surface area contributed by atoms with Gasteiger partial charge in [-0.2, -0.15) is 0 Å². The molecule has 0 spiro atoms. The van der Waals surface area contributed by atoms with Crippen molar-refractivity contribution in [3.63, 3.8) is 0 Å². The van der Waals surface area contributed by atoms with Crippen molar-refractivity contribution in [2.45, 2.75) is 20.8 Å². The Morgan fingerprint density at radius 3 is 2.06 bits per heavy atom. The standard InChI is InChI=1S/C12H14N2O.ClH/c1-8-4-6-11(7-5-8)14-12(15)9(2)10(3)13-14;/h4-7,13H,1-3H3;1H. The Kier molecular flexibility index (Phi) is 3.60. The molecule has 0 fully saturated rings. The molecule has 4 heteroatoms. The second-order valence-corrected chi connectivity index (χ2v) is 3.84. The van der Waals surface area contributed by atoms with Gasteiger partial charge in [-0.05, 0) is 32.9 Å². The molecular formula is C12H15ClN2O. The Hall–Kier alpha value is -1.48. The molecule has 1 aromatic carbocycles. The SMILES string of the molecule is Cc1ccc(-n2[nH]c(C)c(C)c2=O)cc1.Cl. The highest BCUT2D eigenvalue weighted by atomic mass is 35.5. The summed E-state index contributed by atoms with van der Waals surface area (Å²) in [4.78, 5) is 11.8. The topological polar surface area (TPSA) is 37.8 Å². The molecule has 0 unspecified atom stereocenters. The van der Waals surface area contributed by atoms with Gasteiger partial charge >= 0.3 is 0 Å². The van der Waals surface area contributed by atoms with Gasteiger partial charge in [0.25, 0.3) is 5.56 Å². The maximum atomic E-state index is 11.8.